The van der Waals surface area contributed by atoms with E-state index in [1.165, 1.54) is 6.07 Å². The van der Waals surface area contributed by atoms with Gasteiger partial charge in [-0.3, -0.25) is 0 Å². The van der Waals surface area contributed by atoms with Crippen LogP contribution in [0, 0.1) is 5.82 Å². The lowest BCUT2D eigenvalue weighted by molar-refractivity contribution is 0.300. The summed E-state index contributed by atoms with van der Waals surface area (Å²) >= 11 is 3.44. The Morgan fingerprint density at radius 3 is 2.61 bits per heavy atom. The van der Waals surface area contributed by atoms with Crippen molar-refractivity contribution in [2.24, 2.45) is 5.73 Å². The summed E-state index contributed by atoms with van der Waals surface area (Å²) < 4.78 is 20.1. The third kappa shape index (κ3) is 2.89. The van der Waals surface area contributed by atoms with Gasteiger partial charge in [0.2, 0.25) is 0 Å². The highest BCUT2D eigenvalue weighted by Crippen LogP contribution is 2.23. The smallest absolute Gasteiger partial charge is 0.131 e. The molecule has 2 N–H and O–H groups in total. The number of hydrogen-bond donors (Lipinski definition) is 1. The summed E-state index contributed by atoms with van der Waals surface area (Å²) in [6.45, 7) is 0.496. The van der Waals surface area contributed by atoms with E-state index in [2.05, 4.69) is 15.9 Å². The van der Waals surface area contributed by atoms with Crippen LogP contribution in [0.15, 0.2) is 46.9 Å². The summed E-state index contributed by atoms with van der Waals surface area (Å²) in [6.07, 6.45) is 0. The van der Waals surface area contributed by atoms with Gasteiger partial charge >= 0.3 is 0 Å². The van der Waals surface area contributed by atoms with Gasteiger partial charge in [0.1, 0.15) is 18.2 Å². The highest BCUT2D eigenvalue weighted by atomic mass is 79.9. The van der Waals surface area contributed by atoms with Gasteiger partial charge in [0.15, 0.2) is 0 Å². The van der Waals surface area contributed by atoms with Crippen LogP contribution in [0.2, 0.25) is 0 Å². The highest BCUT2D eigenvalue weighted by Gasteiger charge is 2.08. The molecule has 2 nitrogen and oxygen atoms in total. The minimum absolute atomic E-state index is 0.123. The van der Waals surface area contributed by atoms with Crippen molar-refractivity contribution in [3.8, 4) is 5.75 Å². The van der Waals surface area contributed by atoms with Gasteiger partial charge in [0.25, 0.3) is 0 Å². The highest BCUT2D eigenvalue weighted by molar-refractivity contribution is 9.10. The Balaban J connectivity index is 2.16. The Hall–Kier alpha value is -1.39. The van der Waals surface area contributed by atoms with Crippen LogP contribution in [-0.4, -0.2) is 0 Å². The maximum absolute atomic E-state index is 13.5. The van der Waals surface area contributed by atoms with Crippen LogP contribution in [0.4, 0.5) is 4.39 Å². The normalized spacial score (nSPS) is 10.4. The van der Waals surface area contributed by atoms with Crippen molar-refractivity contribution in [3.63, 3.8) is 0 Å². The fourth-order valence-corrected chi connectivity index (χ4v) is 2.04. The van der Waals surface area contributed by atoms with E-state index >= 15 is 0 Å². The van der Waals surface area contributed by atoms with Crippen LogP contribution in [0.3, 0.4) is 0 Å². The number of benzene rings is 2. The van der Waals surface area contributed by atoms with Gasteiger partial charge in [-0.2, -0.15) is 0 Å². The Bertz CT molecular complexity index is 545. The molecule has 0 fully saturated rings. The van der Waals surface area contributed by atoms with Crippen molar-refractivity contribution >= 4 is 15.9 Å². The van der Waals surface area contributed by atoms with Crippen molar-refractivity contribution in [1.29, 1.82) is 0 Å². The van der Waals surface area contributed by atoms with E-state index < -0.39 is 0 Å². The predicted molar refractivity (Wildman–Crippen MR) is 72.8 cm³/mol. The Morgan fingerprint density at radius 1 is 1.11 bits per heavy atom. The standard InChI is InChI=1S/C14H13BrFNO/c15-12-5-2-1-4-10(12)9-18-14-7-3-6-13(16)11(14)8-17/h1-7H,8-9,17H2. The summed E-state index contributed by atoms with van der Waals surface area (Å²) in [5, 5.41) is 0. The molecule has 0 saturated carbocycles. The van der Waals surface area contributed by atoms with Gasteiger partial charge in [0.05, 0.1) is 0 Å². The Kier molecular flexibility index (Phi) is 4.33. The van der Waals surface area contributed by atoms with E-state index in [0.717, 1.165) is 10.0 Å². The van der Waals surface area contributed by atoms with Gasteiger partial charge in [-0.25, -0.2) is 4.39 Å². The first kappa shape index (κ1) is 13.1. The molecule has 2 aromatic carbocycles. The second-order valence-corrected chi connectivity index (χ2v) is 4.66. The van der Waals surface area contributed by atoms with E-state index in [0.29, 0.717) is 17.9 Å². The lowest BCUT2D eigenvalue weighted by atomic mass is 10.2. The van der Waals surface area contributed by atoms with Crippen LogP contribution in [0.1, 0.15) is 11.1 Å². The summed E-state index contributed by atoms with van der Waals surface area (Å²) in [5.74, 6) is 0.162. The monoisotopic (exact) mass is 309 g/mol. The molecule has 18 heavy (non-hydrogen) atoms. The van der Waals surface area contributed by atoms with Crippen LogP contribution >= 0.6 is 15.9 Å². The topological polar surface area (TPSA) is 35.2 Å². The quantitative estimate of drug-likeness (QED) is 0.936. The molecule has 0 spiro atoms. The molecule has 0 aromatic heterocycles. The number of hydrogen-bond acceptors (Lipinski definition) is 2. The number of ether oxygens (including phenoxy) is 1. The molecule has 0 radical (unpaired) electrons. The first-order valence-electron chi connectivity index (χ1n) is 5.56. The van der Waals surface area contributed by atoms with Crippen molar-refractivity contribution < 1.29 is 9.13 Å². The molecule has 0 bridgehead atoms. The van der Waals surface area contributed by atoms with Crippen LogP contribution < -0.4 is 10.5 Å². The second kappa shape index (κ2) is 5.98. The Morgan fingerprint density at radius 2 is 1.89 bits per heavy atom. The van der Waals surface area contributed by atoms with Gasteiger partial charge in [-0.1, -0.05) is 40.2 Å². The maximum atomic E-state index is 13.5. The second-order valence-electron chi connectivity index (χ2n) is 3.80. The largest absolute Gasteiger partial charge is 0.488 e. The fourth-order valence-electron chi connectivity index (χ4n) is 1.64. The minimum Gasteiger partial charge on any atom is -0.488 e. The molecule has 0 aliphatic carbocycles. The number of rotatable bonds is 4. The first-order chi connectivity index (χ1) is 8.72. The van der Waals surface area contributed by atoms with Crippen molar-refractivity contribution in [2.45, 2.75) is 13.2 Å². The maximum Gasteiger partial charge on any atom is 0.131 e. The zero-order valence-corrected chi connectivity index (χ0v) is 11.3. The van der Waals surface area contributed by atoms with E-state index in [9.17, 15) is 4.39 Å². The molecular weight excluding hydrogens is 297 g/mol. The van der Waals surface area contributed by atoms with Gasteiger partial charge in [-0.05, 0) is 18.2 Å². The van der Waals surface area contributed by atoms with Gasteiger partial charge in [-0.15, -0.1) is 0 Å². The third-order valence-electron chi connectivity index (χ3n) is 2.62. The molecule has 2 rings (SSSR count). The van der Waals surface area contributed by atoms with E-state index in [-0.39, 0.29) is 12.4 Å². The molecule has 0 amide bonds. The zero-order chi connectivity index (χ0) is 13.0. The van der Waals surface area contributed by atoms with Crippen LogP contribution in [0.5, 0.6) is 5.75 Å². The molecule has 94 valence electrons. The lowest BCUT2D eigenvalue weighted by Crippen LogP contribution is -2.05. The van der Waals surface area contributed by atoms with Crippen molar-refractivity contribution in [1.82, 2.24) is 0 Å². The fraction of sp³-hybridized carbons (Fsp3) is 0.143. The Labute approximate surface area is 114 Å². The molecule has 0 atom stereocenters. The third-order valence-corrected chi connectivity index (χ3v) is 3.39. The number of halogens is 2. The molecule has 0 aliphatic heterocycles. The summed E-state index contributed by atoms with van der Waals surface area (Å²) in [5.41, 5.74) is 6.93. The van der Waals surface area contributed by atoms with Crippen molar-refractivity contribution in [2.75, 3.05) is 0 Å². The SMILES string of the molecule is NCc1c(F)cccc1OCc1ccccc1Br. The average Bonchev–Trinajstić information content (AvgIpc) is 2.38. The van der Waals surface area contributed by atoms with Gasteiger partial charge < -0.3 is 10.5 Å². The summed E-state index contributed by atoms with van der Waals surface area (Å²) in [4.78, 5) is 0. The molecule has 0 heterocycles. The number of nitrogens with two attached hydrogens (primary N) is 1. The molecule has 0 unspecified atom stereocenters. The van der Waals surface area contributed by atoms with Crippen molar-refractivity contribution in [3.05, 3.63) is 63.9 Å². The van der Waals surface area contributed by atoms with Crippen LogP contribution in [-0.2, 0) is 13.2 Å². The molecule has 2 aromatic rings. The summed E-state index contributed by atoms with van der Waals surface area (Å²) in [7, 11) is 0. The predicted octanol–water partition coefficient (Wildman–Crippen LogP) is 3.63. The molecule has 0 aliphatic rings. The van der Waals surface area contributed by atoms with Crippen LogP contribution in [0.25, 0.3) is 0 Å². The van der Waals surface area contributed by atoms with E-state index in [1.807, 2.05) is 24.3 Å². The first-order valence-corrected chi connectivity index (χ1v) is 6.35. The van der Waals surface area contributed by atoms with E-state index in [4.69, 9.17) is 10.5 Å². The molecule has 4 heteroatoms. The summed E-state index contributed by atoms with van der Waals surface area (Å²) in [6, 6.07) is 12.5. The minimum atomic E-state index is -0.331. The molecule has 0 saturated heterocycles. The van der Waals surface area contributed by atoms with E-state index in [1.54, 1.807) is 12.1 Å². The lowest BCUT2D eigenvalue weighted by Gasteiger charge is -2.11. The zero-order valence-electron chi connectivity index (χ0n) is 9.70. The average molecular weight is 310 g/mol. The van der Waals surface area contributed by atoms with Gasteiger partial charge in [0, 0.05) is 22.1 Å². The molecular formula is C14H13BrFNO.